The van der Waals surface area contributed by atoms with Crippen LogP contribution in [0.1, 0.15) is 32.3 Å². The molecule has 182 valence electrons. The third-order valence-electron chi connectivity index (χ3n) is 6.63. The van der Waals surface area contributed by atoms with Crippen LogP contribution in [0.25, 0.3) is 0 Å². The van der Waals surface area contributed by atoms with Crippen molar-refractivity contribution in [3.8, 4) is 0 Å². The molecular weight excluding hydrogens is 452 g/mol. The Morgan fingerprint density at radius 2 is 1.11 bits per heavy atom. The molecular formula is C34H36OSi. The highest BCUT2D eigenvalue weighted by Crippen LogP contribution is 2.23. The highest BCUT2D eigenvalue weighted by Gasteiger charge is 2.44. The first kappa shape index (κ1) is 25.6. The van der Waals surface area contributed by atoms with E-state index in [2.05, 4.69) is 148 Å². The summed E-state index contributed by atoms with van der Waals surface area (Å²) in [7, 11) is -2.83. The number of benzene rings is 4. The van der Waals surface area contributed by atoms with Crippen molar-refractivity contribution in [3.63, 3.8) is 0 Å². The van der Waals surface area contributed by atoms with E-state index in [1.807, 2.05) is 0 Å². The molecule has 0 saturated heterocycles. The molecule has 0 saturated carbocycles. The van der Waals surface area contributed by atoms with Gasteiger partial charge in [-0.1, -0.05) is 140 Å². The summed E-state index contributed by atoms with van der Waals surface area (Å²) in [4.78, 5) is 0. The van der Waals surface area contributed by atoms with Crippen molar-refractivity contribution in [2.24, 2.45) is 0 Å². The molecule has 1 nitrogen and oxygen atoms in total. The van der Waals surface area contributed by atoms with E-state index in [0.717, 1.165) is 24.8 Å². The van der Waals surface area contributed by atoms with Crippen molar-refractivity contribution in [1.29, 1.82) is 0 Å². The Morgan fingerprint density at radius 3 is 1.53 bits per heavy atom. The minimum atomic E-state index is -2.83. The van der Waals surface area contributed by atoms with Crippen molar-refractivity contribution in [3.05, 3.63) is 151 Å². The maximum atomic E-state index is 7.52. The van der Waals surface area contributed by atoms with Crippen LogP contribution in [0.5, 0.6) is 0 Å². The molecule has 4 aromatic rings. The molecule has 0 amide bonds. The van der Waals surface area contributed by atoms with E-state index in [1.54, 1.807) is 0 Å². The number of hydrogen-bond donors (Lipinski definition) is 0. The summed E-state index contributed by atoms with van der Waals surface area (Å²) in [6.45, 7) is 8.84. The molecule has 4 aromatic carbocycles. The molecule has 2 heteroatoms. The van der Waals surface area contributed by atoms with Gasteiger partial charge in [0.15, 0.2) is 0 Å². The molecule has 0 aliphatic rings. The zero-order chi connectivity index (χ0) is 25.2. The molecule has 0 aromatic heterocycles. The Hall–Kier alpha value is -3.46. The minimum Gasteiger partial charge on any atom is -0.397 e. The Balaban J connectivity index is 1.83. The molecule has 0 heterocycles. The summed E-state index contributed by atoms with van der Waals surface area (Å²) in [5.74, 6) is 0. The Labute approximate surface area is 217 Å². The lowest BCUT2D eigenvalue weighted by atomic mass is 10.00. The van der Waals surface area contributed by atoms with E-state index in [1.165, 1.54) is 26.7 Å². The Bertz CT molecular complexity index is 1150. The van der Waals surface area contributed by atoms with Crippen LogP contribution >= 0.6 is 0 Å². The zero-order valence-corrected chi connectivity index (χ0v) is 22.4. The third kappa shape index (κ3) is 6.20. The van der Waals surface area contributed by atoms with Crippen molar-refractivity contribution in [1.82, 2.24) is 0 Å². The molecule has 0 aliphatic carbocycles. The zero-order valence-electron chi connectivity index (χ0n) is 21.4. The van der Waals surface area contributed by atoms with Gasteiger partial charge in [-0.05, 0) is 59.8 Å². The van der Waals surface area contributed by atoms with Crippen LogP contribution in [-0.4, -0.2) is 14.4 Å². The molecule has 1 unspecified atom stereocenters. The maximum absolute atomic E-state index is 7.52. The normalized spacial score (nSPS) is 12.1. The first-order valence-electron chi connectivity index (χ1n) is 12.8. The highest BCUT2D eigenvalue weighted by atomic mass is 28.4. The average Bonchev–Trinajstić information content (AvgIpc) is 2.94. The van der Waals surface area contributed by atoms with Gasteiger partial charge in [-0.3, -0.25) is 0 Å². The van der Waals surface area contributed by atoms with Gasteiger partial charge in [0.1, 0.15) is 0 Å². The lowest BCUT2D eigenvalue weighted by Gasteiger charge is -2.37. The first-order valence-corrected chi connectivity index (χ1v) is 14.7. The summed E-state index contributed by atoms with van der Waals surface area (Å²) in [6, 6.07) is 43.1. The predicted molar refractivity (Wildman–Crippen MR) is 157 cm³/mol. The number of hydrogen-bond acceptors (Lipinski definition) is 1. The summed E-state index contributed by atoms with van der Waals surface area (Å²) >= 11 is 0. The van der Waals surface area contributed by atoms with Crippen LogP contribution in [0.3, 0.4) is 0 Å². The summed E-state index contributed by atoms with van der Waals surface area (Å²) < 4.78 is 7.52. The van der Waals surface area contributed by atoms with Crippen molar-refractivity contribution >= 4 is 23.9 Å². The van der Waals surface area contributed by atoms with Gasteiger partial charge in [0.05, 0.1) is 6.10 Å². The van der Waals surface area contributed by atoms with Crippen molar-refractivity contribution in [2.45, 2.75) is 39.2 Å². The van der Waals surface area contributed by atoms with Gasteiger partial charge in [0, 0.05) is 0 Å². The topological polar surface area (TPSA) is 9.23 Å². The smallest absolute Gasteiger partial charge is 0.288 e. The van der Waals surface area contributed by atoms with Gasteiger partial charge in [0.2, 0.25) is 0 Å². The van der Waals surface area contributed by atoms with Gasteiger partial charge in [-0.2, -0.15) is 0 Å². The molecule has 36 heavy (non-hydrogen) atoms. The van der Waals surface area contributed by atoms with E-state index in [9.17, 15) is 0 Å². The minimum absolute atomic E-state index is 0.0758. The average molecular weight is 489 g/mol. The largest absolute Gasteiger partial charge is 0.397 e. The second-order valence-corrected chi connectivity index (χ2v) is 12.9. The van der Waals surface area contributed by atoms with E-state index in [0.29, 0.717) is 0 Å². The van der Waals surface area contributed by atoms with Crippen LogP contribution in [0.2, 0.25) is 0 Å². The molecule has 0 radical (unpaired) electrons. The van der Waals surface area contributed by atoms with Gasteiger partial charge in [-0.15, -0.1) is 0 Å². The number of rotatable bonds is 11. The van der Waals surface area contributed by atoms with Gasteiger partial charge < -0.3 is 4.43 Å². The summed E-state index contributed by atoms with van der Waals surface area (Å²) in [5, 5.41) is 3.76. The van der Waals surface area contributed by atoms with Gasteiger partial charge >= 0.3 is 0 Å². The lowest BCUT2D eigenvalue weighted by molar-refractivity contribution is 0.226. The fourth-order valence-electron chi connectivity index (χ4n) is 4.69. The van der Waals surface area contributed by atoms with E-state index in [4.69, 9.17) is 4.43 Å². The van der Waals surface area contributed by atoms with Gasteiger partial charge in [-0.25, -0.2) is 0 Å². The van der Waals surface area contributed by atoms with Crippen LogP contribution in [0.4, 0.5) is 0 Å². The highest BCUT2D eigenvalue weighted by molar-refractivity contribution is 7.07. The van der Waals surface area contributed by atoms with Crippen molar-refractivity contribution in [2.75, 3.05) is 0 Å². The second-order valence-electron chi connectivity index (χ2n) is 9.55. The molecule has 0 bridgehead atoms. The molecule has 0 N–H and O–H groups in total. The summed E-state index contributed by atoms with van der Waals surface area (Å²) in [5.41, 5.74) is 3.76. The Kier molecular flexibility index (Phi) is 8.89. The van der Waals surface area contributed by atoms with E-state index in [-0.39, 0.29) is 6.10 Å². The molecule has 0 aliphatic heterocycles. The molecule has 1 atom stereocenters. The molecule has 0 fully saturated rings. The van der Waals surface area contributed by atoms with Crippen LogP contribution in [0, 0.1) is 0 Å². The monoisotopic (exact) mass is 488 g/mol. The molecule has 0 spiro atoms. The van der Waals surface area contributed by atoms with Crippen LogP contribution < -0.4 is 15.6 Å². The summed E-state index contributed by atoms with van der Waals surface area (Å²) in [6.07, 6.45) is 4.85. The van der Waals surface area contributed by atoms with Gasteiger partial charge in [0.25, 0.3) is 8.32 Å². The lowest BCUT2D eigenvalue weighted by Crippen LogP contribution is -2.70. The first-order chi connectivity index (χ1) is 17.6. The number of allylic oxidation sites excluding steroid dienone is 2. The third-order valence-corrected chi connectivity index (χ3v) is 10.7. The predicted octanol–water partition coefficient (Wildman–Crippen LogP) is 6.58. The fourth-order valence-corrected chi connectivity index (χ4v) is 8.80. The standard InChI is InChI=1S/C34H36OSi/c1-28(2)24-25-29(3)34(27-26-30-16-8-4-9-17-30)35-36(31-18-10-5-11-19-31,32-20-12-6-13-21-32)33-22-14-7-15-23-33/h4-24,34H,3,25-27H2,1-2H3. The fraction of sp³-hybridized carbons (Fsp3) is 0.176. The number of aryl methyl sites for hydroxylation is 1. The van der Waals surface area contributed by atoms with Crippen LogP contribution in [-0.2, 0) is 10.8 Å². The molecule has 4 rings (SSSR count). The van der Waals surface area contributed by atoms with Crippen molar-refractivity contribution < 1.29 is 4.43 Å². The van der Waals surface area contributed by atoms with E-state index < -0.39 is 8.32 Å². The SMILES string of the molecule is C=C(CC=C(C)C)C(CCc1ccccc1)O[Si](c1ccccc1)(c1ccccc1)c1ccccc1. The maximum Gasteiger partial charge on any atom is 0.288 e. The van der Waals surface area contributed by atoms with E-state index >= 15 is 0 Å². The Morgan fingerprint density at radius 1 is 0.694 bits per heavy atom. The quantitative estimate of drug-likeness (QED) is 0.132. The van der Waals surface area contributed by atoms with Crippen LogP contribution in [0.15, 0.2) is 145 Å². The second kappa shape index (κ2) is 12.5.